The third-order valence-electron chi connectivity index (χ3n) is 2.72. The van der Waals surface area contributed by atoms with Crippen LogP contribution in [-0.2, 0) is 6.54 Å². The largest absolute Gasteiger partial charge is 0.477 e. The van der Waals surface area contributed by atoms with E-state index in [9.17, 15) is 4.79 Å². The summed E-state index contributed by atoms with van der Waals surface area (Å²) in [4.78, 5) is 17.0. The Morgan fingerprint density at radius 3 is 3.06 bits per heavy atom. The molecule has 86 valence electrons. The molecule has 2 rings (SSSR count). The Hall–Kier alpha value is -1.46. The van der Waals surface area contributed by atoms with Crippen LogP contribution in [0.3, 0.4) is 0 Å². The highest BCUT2D eigenvalue weighted by atomic mass is 16.4. The highest BCUT2D eigenvalue weighted by Crippen LogP contribution is 2.11. The number of pyridine rings is 1. The average Bonchev–Trinajstić information content (AvgIpc) is 2.64. The predicted octanol–water partition coefficient (Wildman–Crippen LogP) is 0.313. The minimum Gasteiger partial charge on any atom is -0.477 e. The van der Waals surface area contributed by atoms with Gasteiger partial charge in [0, 0.05) is 25.7 Å². The van der Waals surface area contributed by atoms with Crippen molar-refractivity contribution < 1.29 is 9.90 Å². The number of hydrogen-bond acceptors (Lipinski definition) is 4. The molecule has 1 aliphatic heterocycles. The van der Waals surface area contributed by atoms with E-state index in [0.29, 0.717) is 6.54 Å². The molecule has 0 radical (unpaired) electrons. The molecule has 0 amide bonds. The summed E-state index contributed by atoms with van der Waals surface area (Å²) in [6, 6.07) is 5.31. The Morgan fingerprint density at radius 2 is 2.44 bits per heavy atom. The number of aromatic nitrogens is 1. The van der Waals surface area contributed by atoms with Gasteiger partial charge in [-0.3, -0.25) is 4.90 Å². The van der Waals surface area contributed by atoms with Crippen molar-refractivity contribution in [3.05, 3.63) is 29.6 Å². The first-order valence-electron chi connectivity index (χ1n) is 5.32. The number of likely N-dealkylation sites (tertiary alicyclic amines) is 1. The van der Waals surface area contributed by atoms with Crippen molar-refractivity contribution >= 4 is 5.97 Å². The molecule has 1 aromatic rings. The summed E-state index contributed by atoms with van der Waals surface area (Å²) in [5, 5.41) is 8.82. The van der Waals surface area contributed by atoms with Crippen LogP contribution in [0.15, 0.2) is 18.2 Å². The SMILES string of the molecule is NC1CCN(Cc2cccc(C(=O)O)n2)C1. The number of aromatic carboxylic acids is 1. The van der Waals surface area contributed by atoms with Gasteiger partial charge in [0.1, 0.15) is 5.69 Å². The lowest BCUT2D eigenvalue weighted by molar-refractivity contribution is 0.0690. The molecule has 1 saturated heterocycles. The van der Waals surface area contributed by atoms with Gasteiger partial charge in [0.25, 0.3) is 0 Å². The van der Waals surface area contributed by atoms with Crippen LogP contribution >= 0.6 is 0 Å². The van der Waals surface area contributed by atoms with Gasteiger partial charge < -0.3 is 10.8 Å². The lowest BCUT2D eigenvalue weighted by atomic mass is 10.3. The van der Waals surface area contributed by atoms with Gasteiger partial charge in [0.15, 0.2) is 0 Å². The normalized spacial score (nSPS) is 21.2. The highest BCUT2D eigenvalue weighted by molar-refractivity contribution is 5.85. The van der Waals surface area contributed by atoms with Crippen LogP contribution in [0, 0.1) is 0 Å². The summed E-state index contributed by atoms with van der Waals surface area (Å²) in [6.45, 7) is 2.49. The lowest BCUT2D eigenvalue weighted by Crippen LogP contribution is -2.26. The van der Waals surface area contributed by atoms with Gasteiger partial charge in [-0.25, -0.2) is 9.78 Å². The van der Waals surface area contributed by atoms with Gasteiger partial charge in [0.2, 0.25) is 0 Å². The van der Waals surface area contributed by atoms with E-state index in [1.807, 2.05) is 6.07 Å². The van der Waals surface area contributed by atoms with Gasteiger partial charge >= 0.3 is 5.97 Å². The van der Waals surface area contributed by atoms with E-state index >= 15 is 0 Å². The number of carboxylic acids is 1. The molecule has 0 spiro atoms. The molecule has 0 bridgehead atoms. The molecule has 1 unspecified atom stereocenters. The van der Waals surface area contributed by atoms with Crippen molar-refractivity contribution in [2.75, 3.05) is 13.1 Å². The maximum absolute atomic E-state index is 10.7. The van der Waals surface area contributed by atoms with E-state index in [2.05, 4.69) is 9.88 Å². The molecule has 16 heavy (non-hydrogen) atoms. The van der Waals surface area contributed by atoms with Crippen molar-refractivity contribution in [3.8, 4) is 0 Å². The van der Waals surface area contributed by atoms with Crippen LogP contribution in [0.4, 0.5) is 0 Å². The number of nitrogens with zero attached hydrogens (tertiary/aromatic N) is 2. The Morgan fingerprint density at radius 1 is 1.62 bits per heavy atom. The molecule has 1 atom stereocenters. The van der Waals surface area contributed by atoms with Crippen LogP contribution in [0.5, 0.6) is 0 Å². The fourth-order valence-corrected chi connectivity index (χ4v) is 1.92. The second-order valence-corrected chi connectivity index (χ2v) is 4.10. The predicted molar refractivity (Wildman–Crippen MR) is 59.1 cm³/mol. The minimum atomic E-state index is -0.986. The summed E-state index contributed by atoms with van der Waals surface area (Å²) < 4.78 is 0. The van der Waals surface area contributed by atoms with Crippen LogP contribution in [0.1, 0.15) is 22.6 Å². The van der Waals surface area contributed by atoms with E-state index < -0.39 is 5.97 Å². The summed E-state index contributed by atoms with van der Waals surface area (Å²) >= 11 is 0. The highest BCUT2D eigenvalue weighted by Gasteiger charge is 2.19. The first kappa shape index (κ1) is 11.0. The van der Waals surface area contributed by atoms with E-state index in [-0.39, 0.29) is 11.7 Å². The average molecular weight is 221 g/mol. The van der Waals surface area contributed by atoms with Crippen molar-refractivity contribution in [2.24, 2.45) is 5.73 Å². The fourth-order valence-electron chi connectivity index (χ4n) is 1.92. The molecule has 2 heterocycles. The first-order valence-corrected chi connectivity index (χ1v) is 5.32. The van der Waals surface area contributed by atoms with Gasteiger partial charge in [0.05, 0.1) is 5.69 Å². The number of hydrogen-bond donors (Lipinski definition) is 2. The van der Waals surface area contributed by atoms with E-state index in [0.717, 1.165) is 25.2 Å². The Kier molecular flexibility index (Phi) is 3.17. The van der Waals surface area contributed by atoms with E-state index in [4.69, 9.17) is 10.8 Å². The molecule has 0 aromatic carbocycles. The molecule has 5 nitrogen and oxygen atoms in total. The third-order valence-corrected chi connectivity index (χ3v) is 2.72. The maximum atomic E-state index is 10.7. The van der Waals surface area contributed by atoms with Crippen LogP contribution < -0.4 is 5.73 Å². The first-order chi connectivity index (χ1) is 7.65. The van der Waals surface area contributed by atoms with Crippen molar-refractivity contribution in [3.63, 3.8) is 0 Å². The van der Waals surface area contributed by atoms with Crippen molar-refractivity contribution in [1.29, 1.82) is 0 Å². The second kappa shape index (κ2) is 4.59. The molecular weight excluding hydrogens is 206 g/mol. The molecular formula is C11H15N3O2. The van der Waals surface area contributed by atoms with Gasteiger partial charge in [-0.05, 0) is 18.6 Å². The molecule has 0 aliphatic carbocycles. The number of carbonyl (C=O) groups is 1. The number of carboxylic acid groups (broad SMARTS) is 1. The van der Waals surface area contributed by atoms with Gasteiger partial charge in [-0.15, -0.1) is 0 Å². The number of rotatable bonds is 3. The van der Waals surface area contributed by atoms with Crippen LogP contribution in [0.25, 0.3) is 0 Å². The monoisotopic (exact) mass is 221 g/mol. The van der Waals surface area contributed by atoms with E-state index in [1.54, 1.807) is 6.07 Å². The molecule has 3 N–H and O–H groups in total. The maximum Gasteiger partial charge on any atom is 0.354 e. The minimum absolute atomic E-state index is 0.0981. The second-order valence-electron chi connectivity index (χ2n) is 4.10. The Labute approximate surface area is 93.9 Å². The Bertz CT molecular complexity index is 395. The van der Waals surface area contributed by atoms with Crippen LogP contribution in [0.2, 0.25) is 0 Å². The molecule has 1 fully saturated rings. The van der Waals surface area contributed by atoms with Gasteiger partial charge in [-0.2, -0.15) is 0 Å². The zero-order valence-electron chi connectivity index (χ0n) is 8.97. The Balaban J connectivity index is 2.04. The third kappa shape index (κ3) is 2.56. The summed E-state index contributed by atoms with van der Waals surface area (Å²) in [5.41, 5.74) is 6.68. The van der Waals surface area contributed by atoms with Gasteiger partial charge in [-0.1, -0.05) is 6.07 Å². The quantitative estimate of drug-likeness (QED) is 0.768. The summed E-state index contributed by atoms with van der Waals surface area (Å²) in [7, 11) is 0. The standard InChI is InChI=1S/C11H15N3O2/c12-8-4-5-14(6-8)7-9-2-1-3-10(13-9)11(15)16/h1-3,8H,4-7,12H2,(H,15,16). The molecule has 5 heteroatoms. The summed E-state index contributed by atoms with van der Waals surface area (Å²) in [6.07, 6.45) is 0.999. The fraction of sp³-hybridized carbons (Fsp3) is 0.455. The zero-order chi connectivity index (χ0) is 11.5. The smallest absolute Gasteiger partial charge is 0.354 e. The molecule has 1 aliphatic rings. The summed E-state index contributed by atoms with van der Waals surface area (Å²) in [5.74, 6) is -0.986. The van der Waals surface area contributed by atoms with Crippen LogP contribution in [-0.4, -0.2) is 40.1 Å². The topological polar surface area (TPSA) is 79.5 Å². The van der Waals surface area contributed by atoms with Crippen molar-refractivity contribution in [2.45, 2.75) is 19.0 Å². The van der Waals surface area contributed by atoms with E-state index in [1.165, 1.54) is 6.07 Å². The molecule has 1 aromatic heterocycles. The number of nitrogens with two attached hydrogens (primary N) is 1. The van der Waals surface area contributed by atoms with Crippen molar-refractivity contribution in [1.82, 2.24) is 9.88 Å². The molecule has 0 saturated carbocycles. The zero-order valence-corrected chi connectivity index (χ0v) is 8.97. The lowest BCUT2D eigenvalue weighted by Gasteiger charge is -2.14.